The Morgan fingerprint density at radius 2 is 1.23 bits per heavy atom. The summed E-state index contributed by atoms with van der Waals surface area (Å²) in [6.45, 7) is 0. The molecule has 0 aliphatic rings. The molecular weight excluding hydrogens is 376 g/mol. The van der Waals surface area contributed by atoms with Gasteiger partial charge in [-0.3, -0.25) is 4.79 Å². The predicted molar refractivity (Wildman–Crippen MR) is 73.2 cm³/mol. The molecule has 0 spiro atoms. The van der Waals surface area contributed by atoms with Gasteiger partial charge in [0, 0.05) is 11.1 Å². The van der Waals surface area contributed by atoms with E-state index >= 15 is 0 Å². The van der Waals surface area contributed by atoms with Gasteiger partial charge in [0.15, 0.2) is 0 Å². The lowest BCUT2D eigenvalue weighted by Gasteiger charge is -2.32. The Morgan fingerprint density at radius 1 is 0.808 bits per heavy atom. The standard InChI is InChI=1S/C16H8F8O2/c17-11-5-8(7-25)6-12(18)13(11)9-1-3-10(4-2-9)14(26,15(19,20)21)16(22,23)24/h1-7,26H. The number of carbonyl (C=O) groups is 1. The zero-order chi connectivity index (χ0) is 19.9. The van der Waals surface area contributed by atoms with E-state index in [9.17, 15) is 45.0 Å². The molecule has 2 rings (SSSR count). The molecule has 0 saturated carbocycles. The van der Waals surface area contributed by atoms with Crippen LogP contribution in [0.2, 0.25) is 0 Å². The van der Waals surface area contributed by atoms with Crippen molar-refractivity contribution in [1.82, 2.24) is 0 Å². The molecule has 2 aromatic rings. The van der Waals surface area contributed by atoms with Crippen molar-refractivity contribution in [3.8, 4) is 11.1 Å². The normalized spacial score (nSPS) is 13.0. The summed E-state index contributed by atoms with van der Waals surface area (Å²) < 4.78 is 105. The molecular formula is C16H8F8O2. The summed E-state index contributed by atoms with van der Waals surface area (Å²) in [5, 5.41) is 9.26. The Labute approximate surface area is 140 Å². The van der Waals surface area contributed by atoms with Gasteiger partial charge in [0.1, 0.15) is 17.9 Å². The van der Waals surface area contributed by atoms with Gasteiger partial charge in [0.05, 0.1) is 5.56 Å². The van der Waals surface area contributed by atoms with Crippen LogP contribution in [0.3, 0.4) is 0 Å². The average molecular weight is 384 g/mol. The van der Waals surface area contributed by atoms with Gasteiger partial charge in [-0.15, -0.1) is 0 Å². The molecule has 10 heteroatoms. The maximum Gasteiger partial charge on any atom is 0.430 e. The summed E-state index contributed by atoms with van der Waals surface area (Å²) in [4.78, 5) is 10.5. The second-order valence-electron chi connectivity index (χ2n) is 5.26. The van der Waals surface area contributed by atoms with E-state index in [-0.39, 0.29) is 29.5 Å². The Morgan fingerprint density at radius 3 is 1.58 bits per heavy atom. The van der Waals surface area contributed by atoms with Gasteiger partial charge in [-0.25, -0.2) is 8.78 Å². The van der Waals surface area contributed by atoms with Gasteiger partial charge in [0.2, 0.25) is 0 Å². The molecule has 0 heterocycles. The summed E-state index contributed by atoms with van der Waals surface area (Å²) in [5.74, 6) is -2.47. The Bertz CT molecular complexity index is 785. The van der Waals surface area contributed by atoms with Crippen LogP contribution in [0.25, 0.3) is 11.1 Å². The molecule has 0 aromatic heterocycles. The fourth-order valence-electron chi connectivity index (χ4n) is 2.30. The lowest BCUT2D eigenvalue weighted by Crippen LogP contribution is -2.53. The van der Waals surface area contributed by atoms with E-state index in [0.29, 0.717) is 24.3 Å². The molecule has 0 atom stereocenters. The first kappa shape index (κ1) is 19.8. The Balaban J connectivity index is 2.57. The minimum atomic E-state index is -6.07. The van der Waals surface area contributed by atoms with Gasteiger partial charge in [-0.1, -0.05) is 24.3 Å². The zero-order valence-corrected chi connectivity index (χ0v) is 12.4. The predicted octanol–water partition coefficient (Wildman–Crippen LogP) is 4.76. The number of benzene rings is 2. The quantitative estimate of drug-likeness (QED) is 0.612. The van der Waals surface area contributed by atoms with Crippen LogP contribution in [0.4, 0.5) is 35.1 Å². The molecule has 1 N–H and O–H groups in total. The van der Waals surface area contributed by atoms with Crippen LogP contribution >= 0.6 is 0 Å². The number of alkyl halides is 6. The molecule has 0 amide bonds. The SMILES string of the molecule is O=Cc1cc(F)c(-c2ccc(C(O)(C(F)(F)F)C(F)(F)F)cc2)c(F)c1. The van der Waals surface area contributed by atoms with Crippen molar-refractivity contribution in [2.24, 2.45) is 0 Å². The van der Waals surface area contributed by atoms with Crippen molar-refractivity contribution >= 4 is 6.29 Å². The van der Waals surface area contributed by atoms with E-state index in [1.165, 1.54) is 0 Å². The molecule has 140 valence electrons. The molecule has 0 aliphatic carbocycles. The summed E-state index contributed by atoms with van der Waals surface area (Å²) in [6, 6.07) is 3.04. The van der Waals surface area contributed by atoms with Crippen molar-refractivity contribution in [2.75, 3.05) is 0 Å². The highest BCUT2D eigenvalue weighted by Crippen LogP contribution is 2.50. The van der Waals surface area contributed by atoms with Crippen LogP contribution in [0.1, 0.15) is 15.9 Å². The smallest absolute Gasteiger partial charge is 0.369 e. The maximum absolute atomic E-state index is 13.9. The lowest BCUT2D eigenvalue weighted by atomic mass is 9.90. The van der Waals surface area contributed by atoms with Crippen molar-refractivity contribution in [3.63, 3.8) is 0 Å². The Kier molecular flexibility index (Phi) is 4.84. The number of hydrogen-bond donors (Lipinski definition) is 1. The first-order valence-electron chi connectivity index (χ1n) is 6.74. The number of aldehydes is 1. The van der Waals surface area contributed by atoms with Crippen LogP contribution in [0.15, 0.2) is 36.4 Å². The van der Waals surface area contributed by atoms with Gasteiger partial charge >= 0.3 is 12.4 Å². The summed E-state index contributed by atoms with van der Waals surface area (Å²) in [5.41, 5.74) is -8.18. The largest absolute Gasteiger partial charge is 0.430 e. The van der Waals surface area contributed by atoms with Gasteiger partial charge in [-0.2, -0.15) is 26.3 Å². The van der Waals surface area contributed by atoms with Crippen molar-refractivity contribution in [3.05, 3.63) is 59.2 Å². The van der Waals surface area contributed by atoms with E-state index in [1.54, 1.807) is 0 Å². The van der Waals surface area contributed by atoms with Gasteiger partial charge in [-0.05, 0) is 17.7 Å². The summed E-state index contributed by atoms with van der Waals surface area (Å²) in [7, 11) is 0. The van der Waals surface area contributed by atoms with Gasteiger partial charge < -0.3 is 5.11 Å². The summed E-state index contributed by atoms with van der Waals surface area (Å²) >= 11 is 0. The molecule has 0 bridgehead atoms. The highest BCUT2D eigenvalue weighted by atomic mass is 19.4. The van der Waals surface area contributed by atoms with Crippen molar-refractivity contribution in [1.29, 1.82) is 0 Å². The number of rotatable bonds is 3. The number of aliphatic hydroxyl groups is 1. The number of carbonyl (C=O) groups excluding carboxylic acids is 1. The third-order valence-corrected chi connectivity index (χ3v) is 3.61. The number of halogens is 8. The highest BCUT2D eigenvalue weighted by Gasteiger charge is 2.71. The molecule has 2 nitrogen and oxygen atoms in total. The van der Waals surface area contributed by atoms with Crippen molar-refractivity contribution < 1.29 is 45.0 Å². The van der Waals surface area contributed by atoms with Crippen LogP contribution in [-0.2, 0) is 5.60 Å². The van der Waals surface area contributed by atoms with Crippen LogP contribution in [0.5, 0.6) is 0 Å². The second-order valence-corrected chi connectivity index (χ2v) is 5.26. The van der Waals surface area contributed by atoms with Crippen molar-refractivity contribution in [2.45, 2.75) is 18.0 Å². The first-order chi connectivity index (χ1) is 11.8. The minimum absolute atomic E-state index is 0.159. The van der Waals surface area contributed by atoms with Crippen LogP contribution < -0.4 is 0 Å². The molecule has 0 aliphatic heterocycles. The van der Waals surface area contributed by atoms with Crippen LogP contribution in [0, 0.1) is 11.6 Å². The number of hydrogen-bond acceptors (Lipinski definition) is 2. The van der Waals surface area contributed by atoms with E-state index in [4.69, 9.17) is 0 Å². The van der Waals surface area contributed by atoms with E-state index in [2.05, 4.69) is 0 Å². The van der Waals surface area contributed by atoms with E-state index in [0.717, 1.165) is 0 Å². The van der Waals surface area contributed by atoms with Gasteiger partial charge in [0.25, 0.3) is 5.60 Å². The molecule has 0 radical (unpaired) electrons. The highest BCUT2D eigenvalue weighted by molar-refractivity contribution is 5.77. The summed E-state index contributed by atoms with van der Waals surface area (Å²) in [6.07, 6.45) is -12.0. The van der Waals surface area contributed by atoms with E-state index in [1.807, 2.05) is 0 Å². The van der Waals surface area contributed by atoms with Crippen LogP contribution in [-0.4, -0.2) is 23.7 Å². The monoisotopic (exact) mass is 384 g/mol. The fourth-order valence-corrected chi connectivity index (χ4v) is 2.30. The zero-order valence-electron chi connectivity index (χ0n) is 12.4. The minimum Gasteiger partial charge on any atom is -0.369 e. The molecule has 0 unspecified atom stereocenters. The molecule has 2 aromatic carbocycles. The third-order valence-electron chi connectivity index (χ3n) is 3.61. The fraction of sp³-hybridized carbons (Fsp3) is 0.188. The maximum atomic E-state index is 13.9. The second kappa shape index (κ2) is 6.35. The average Bonchev–Trinajstić information content (AvgIpc) is 2.51. The molecule has 0 saturated heterocycles. The Hall–Kier alpha value is -2.49. The van der Waals surface area contributed by atoms with E-state index < -0.39 is 40.7 Å². The molecule has 0 fully saturated rings. The third kappa shape index (κ3) is 3.16. The topological polar surface area (TPSA) is 37.3 Å². The first-order valence-corrected chi connectivity index (χ1v) is 6.74. The molecule has 26 heavy (non-hydrogen) atoms. The lowest BCUT2D eigenvalue weighted by molar-refractivity contribution is -0.376.